The average molecular weight is 282 g/mol. The van der Waals surface area contributed by atoms with E-state index in [2.05, 4.69) is 11.2 Å². The molecule has 1 aromatic heterocycles. The van der Waals surface area contributed by atoms with E-state index in [1.807, 2.05) is 42.2 Å². The van der Waals surface area contributed by atoms with Crippen molar-refractivity contribution in [2.45, 2.75) is 19.9 Å². The van der Waals surface area contributed by atoms with E-state index in [1.165, 1.54) is 0 Å². The predicted molar refractivity (Wildman–Crippen MR) is 79.8 cm³/mol. The molecule has 0 saturated carbocycles. The number of aryl methyl sites for hydroxylation is 1. The van der Waals surface area contributed by atoms with Crippen LogP contribution in [0.15, 0.2) is 36.7 Å². The Morgan fingerprint density at radius 2 is 2.16 bits per heavy atom. The van der Waals surface area contributed by atoms with E-state index >= 15 is 0 Å². The van der Waals surface area contributed by atoms with Crippen LogP contribution >= 0.6 is 12.4 Å². The van der Waals surface area contributed by atoms with Gasteiger partial charge in [0.1, 0.15) is 5.75 Å². The smallest absolute Gasteiger partial charge is 0.119 e. The van der Waals surface area contributed by atoms with Crippen LogP contribution in [0.4, 0.5) is 0 Å². The van der Waals surface area contributed by atoms with Crippen molar-refractivity contribution in [3.8, 4) is 16.9 Å². The fraction of sp³-hybridized carbons (Fsp3) is 0.357. The van der Waals surface area contributed by atoms with Crippen LogP contribution in [-0.2, 0) is 6.54 Å². The van der Waals surface area contributed by atoms with Gasteiger partial charge in [-0.2, -0.15) is 5.10 Å². The van der Waals surface area contributed by atoms with Gasteiger partial charge in [-0.1, -0.05) is 12.1 Å². The largest absolute Gasteiger partial charge is 0.494 e. The fourth-order valence-corrected chi connectivity index (χ4v) is 1.82. The van der Waals surface area contributed by atoms with Crippen LogP contribution in [0, 0.1) is 0 Å². The Morgan fingerprint density at radius 1 is 1.32 bits per heavy atom. The highest BCUT2D eigenvalue weighted by atomic mass is 35.5. The zero-order valence-corrected chi connectivity index (χ0v) is 11.9. The summed E-state index contributed by atoms with van der Waals surface area (Å²) in [4.78, 5) is 0. The van der Waals surface area contributed by atoms with Crippen LogP contribution < -0.4 is 10.5 Å². The van der Waals surface area contributed by atoms with Gasteiger partial charge in [-0.05, 0) is 37.6 Å². The Labute approximate surface area is 120 Å². The quantitative estimate of drug-likeness (QED) is 0.886. The van der Waals surface area contributed by atoms with Gasteiger partial charge < -0.3 is 10.5 Å². The van der Waals surface area contributed by atoms with Crippen LogP contribution in [0.25, 0.3) is 11.1 Å². The van der Waals surface area contributed by atoms with Crippen molar-refractivity contribution in [1.29, 1.82) is 0 Å². The maximum Gasteiger partial charge on any atom is 0.119 e. The topological polar surface area (TPSA) is 53.1 Å². The molecule has 0 bridgehead atoms. The molecule has 0 atom stereocenters. The molecular formula is C14H20ClN3O. The van der Waals surface area contributed by atoms with Crippen molar-refractivity contribution in [2.75, 3.05) is 13.2 Å². The van der Waals surface area contributed by atoms with Crippen molar-refractivity contribution in [1.82, 2.24) is 9.78 Å². The molecule has 0 amide bonds. The van der Waals surface area contributed by atoms with Gasteiger partial charge in [0.2, 0.25) is 0 Å². The van der Waals surface area contributed by atoms with Crippen molar-refractivity contribution in [3.63, 3.8) is 0 Å². The maximum absolute atomic E-state index is 5.50. The van der Waals surface area contributed by atoms with Gasteiger partial charge in [-0.25, -0.2) is 0 Å². The summed E-state index contributed by atoms with van der Waals surface area (Å²) < 4.78 is 7.42. The second-order valence-electron chi connectivity index (χ2n) is 4.10. The first-order valence-electron chi connectivity index (χ1n) is 6.29. The van der Waals surface area contributed by atoms with Gasteiger partial charge in [-0.15, -0.1) is 12.4 Å². The standard InChI is InChI=1S/C14H19N3O.ClH/c1-2-18-14-6-3-5-12(9-14)13-10-16-17(11-13)8-4-7-15;/h3,5-6,9-11H,2,4,7-8,15H2,1H3;1H. The molecule has 1 heterocycles. The number of ether oxygens (including phenoxy) is 1. The molecular weight excluding hydrogens is 262 g/mol. The summed E-state index contributed by atoms with van der Waals surface area (Å²) in [7, 11) is 0. The summed E-state index contributed by atoms with van der Waals surface area (Å²) in [6.07, 6.45) is 4.86. The highest BCUT2D eigenvalue weighted by Crippen LogP contribution is 2.23. The zero-order valence-electron chi connectivity index (χ0n) is 11.1. The fourth-order valence-electron chi connectivity index (χ4n) is 1.82. The molecule has 0 unspecified atom stereocenters. The average Bonchev–Trinajstić information content (AvgIpc) is 2.86. The van der Waals surface area contributed by atoms with Crippen molar-refractivity contribution >= 4 is 12.4 Å². The van der Waals surface area contributed by atoms with E-state index in [0.29, 0.717) is 13.2 Å². The van der Waals surface area contributed by atoms with E-state index in [0.717, 1.165) is 29.8 Å². The predicted octanol–water partition coefficient (Wildman–Crippen LogP) is 2.72. The minimum Gasteiger partial charge on any atom is -0.494 e. The molecule has 4 nitrogen and oxygen atoms in total. The Hall–Kier alpha value is -1.52. The monoisotopic (exact) mass is 281 g/mol. The molecule has 2 rings (SSSR count). The molecule has 0 radical (unpaired) electrons. The third-order valence-electron chi connectivity index (χ3n) is 2.70. The van der Waals surface area contributed by atoms with Gasteiger partial charge in [0.15, 0.2) is 0 Å². The lowest BCUT2D eigenvalue weighted by Crippen LogP contribution is -2.05. The molecule has 2 N–H and O–H groups in total. The SMILES string of the molecule is CCOc1cccc(-c2cnn(CCCN)c2)c1.Cl. The van der Waals surface area contributed by atoms with E-state index in [1.54, 1.807) is 0 Å². The number of hydrogen-bond donors (Lipinski definition) is 1. The third kappa shape index (κ3) is 4.26. The van der Waals surface area contributed by atoms with Gasteiger partial charge in [0, 0.05) is 18.3 Å². The second-order valence-corrected chi connectivity index (χ2v) is 4.10. The molecule has 0 fully saturated rings. The van der Waals surface area contributed by atoms with Crippen LogP contribution in [0.2, 0.25) is 0 Å². The molecule has 0 aliphatic rings. The summed E-state index contributed by atoms with van der Waals surface area (Å²) in [5.74, 6) is 0.893. The lowest BCUT2D eigenvalue weighted by molar-refractivity contribution is 0.340. The number of aromatic nitrogens is 2. The van der Waals surface area contributed by atoms with Crippen molar-refractivity contribution in [2.24, 2.45) is 5.73 Å². The second kappa shape index (κ2) is 7.81. The molecule has 5 heteroatoms. The van der Waals surface area contributed by atoms with Gasteiger partial charge >= 0.3 is 0 Å². The lowest BCUT2D eigenvalue weighted by Gasteiger charge is -2.04. The Kier molecular flexibility index (Phi) is 6.39. The third-order valence-corrected chi connectivity index (χ3v) is 2.70. The number of nitrogens with zero attached hydrogens (tertiary/aromatic N) is 2. The lowest BCUT2D eigenvalue weighted by atomic mass is 10.1. The first kappa shape index (κ1) is 15.5. The highest BCUT2D eigenvalue weighted by Gasteiger charge is 2.03. The molecule has 0 spiro atoms. The summed E-state index contributed by atoms with van der Waals surface area (Å²) >= 11 is 0. The van der Waals surface area contributed by atoms with E-state index in [9.17, 15) is 0 Å². The highest BCUT2D eigenvalue weighted by molar-refractivity contribution is 5.85. The van der Waals surface area contributed by atoms with Crippen LogP contribution in [0.1, 0.15) is 13.3 Å². The van der Waals surface area contributed by atoms with E-state index < -0.39 is 0 Å². The number of halogens is 1. The minimum absolute atomic E-state index is 0. The molecule has 1 aromatic carbocycles. The summed E-state index contributed by atoms with van der Waals surface area (Å²) in [6, 6.07) is 8.06. The Morgan fingerprint density at radius 3 is 2.89 bits per heavy atom. The maximum atomic E-state index is 5.50. The first-order chi connectivity index (χ1) is 8.83. The van der Waals surface area contributed by atoms with E-state index in [-0.39, 0.29) is 12.4 Å². The van der Waals surface area contributed by atoms with Crippen LogP contribution in [0.5, 0.6) is 5.75 Å². The van der Waals surface area contributed by atoms with Gasteiger partial charge in [-0.3, -0.25) is 4.68 Å². The summed E-state index contributed by atoms with van der Waals surface area (Å²) in [5, 5.41) is 4.33. The molecule has 0 aliphatic heterocycles. The van der Waals surface area contributed by atoms with Crippen molar-refractivity contribution < 1.29 is 4.74 Å². The Balaban J connectivity index is 0.00000180. The normalized spacial score (nSPS) is 10.0. The van der Waals surface area contributed by atoms with Gasteiger partial charge in [0.25, 0.3) is 0 Å². The molecule has 19 heavy (non-hydrogen) atoms. The number of benzene rings is 1. The molecule has 104 valence electrons. The number of nitrogens with two attached hydrogens (primary N) is 1. The minimum atomic E-state index is 0. The molecule has 0 aliphatic carbocycles. The first-order valence-corrected chi connectivity index (χ1v) is 6.29. The van der Waals surface area contributed by atoms with Gasteiger partial charge in [0.05, 0.1) is 12.8 Å². The summed E-state index contributed by atoms with van der Waals surface area (Å²) in [6.45, 7) is 4.22. The Bertz CT molecular complexity index is 499. The molecule has 0 saturated heterocycles. The number of hydrogen-bond acceptors (Lipinski definition) is 3. The van der Waals surface area contributed by atoms with Crippen LogP contribution in [-0.4, -0.2) is 22.9 Å². The van der Waals surface area contributed by atoms with Crippen molar-refractivity contribution in [3.05, 3.63) is 36.7 Å². The van der Waals surface area contributed by atoms with E-state index in [4.69, 9.17) is 10.5 Å². The zero-order chi connectivity index (χ0) is 12.8. The summed E-state index contributed by atoms with van der Waals surface area (Å²) in [5.41, 5.74) is 7.72. The van der Waals surface area contributed by atoms with Crippen LogP contribution in [0.3, 0.4) is 0 Å². The molecule has 2 aromatic rings. The number of rotatable bonds is 6.